The van der Waals surface area contributed by atoms with Crippen LogP contribution in [0, 0.1) is 5.41 Å². The van der Waals surface area contributed by atoms with E-state index in [4.69, 9.17) is 4.99 Å². The molecule has 1 aliphatic carbocycles. The van der Waals surface area contributed by atoms with Crippen LogP contribution in [0.15, 0.2) is 47.7 Å². The summed E-state index contributed by atoms with van der Waals surface area (Å²) in [5.41, 5.74) is 1.76. The van der Waals surface area contributed by atoms with Gasteiger partial charge in [-0.05, 0) is 43.6 Å². The van der Waals surface area contributed by atoms with Crippen molar-refractivity contribution in [2.24, 2.45) is 10.4 Å². The Hall–Kier alpha value is -2.30. The predicted molar refractivity (Wildman–Crippen MR) is 112 cm³/mol. The van der Waals surface area contributed by atoms with Crippen molar-refractivity contribution in [2.75, 3.05) is 6.54 Å². The van der Waals surface area contributed by atoms with Gasteiger partial charge in [0.25, 0.3) is 0 Å². The minimum absolute atomic E-state index is 0.482. The normalized spacial score (nSPS) is 17.7. The maximum atomic E-state index is 4.80. The van der Waals surface area contributed by atoms with E-state index in [1.165, 1.54) is 31.2 Å². The molecule has 0 amide bonds. The van der Waals surface area contributed by atoms with Crippen LogP contribution in [-0.2, 0) is 13.1 Å². The molecule has 0 aliphatic heterocycles. The number of nitrogens with zero attached hydrogens (tertiary/aromatic N) is 3. The first kappa shape index (κ1) is 19.5. The molecule has 0 radical (unpaired) electrons. The van der Waals surface area contributed by atoms with Crippen LogP contribution in [-0.4, -0.2) is 28.1 Å². The number of guanidine groups is 1. The number of hydrogen-bond donors (Lipinski definition) is 2. The first-order valence-corrected chi connectivity index (χ1v) is 10.1. The van der Waals surface area contributed by atoms with E-state index in [1.54, 1.807) is 0 Å². The molecule has 3 rings (SSSR count). The van der Waals surface area contributed by atoms with Crippen LogP contribution >= 0.6 is 0 Å². The summed E-state index contributed by atoms with van der Waals surface area (Å²) in [5.74, 6) is 1.89. The summed E-state index contributed by atoms with van der Waals surface area (Å²) in [6, 6.07) is 11.0. The Balaban J connectivity index is 1.61. The summed E-state index contributed by atoms with van der Waals surface area (Å²) in [6.45, 7) is 9.12. The molecule has 0 saturated heterocycles. The van der Waals surface area contributed by atoms with Crippen LogP contribution in [0.5, 0.6) is 0 Å². The molecule has 1 heterocycles. The summed E-state index contributed by atoms with van der Waals surface area (Å²) in [5, 5.41) is 7.01. The van der Waals surface area contributed by atoms with E-state index >= 15 is 0 Å². The quantitative estimate of drug-likeness (QED) is 0.600. The van der Waals surface area contributed by atoms with Crippen molar-refractivity contribution in [3.63, 3.8) is 0 Å². The molecule has 2 aromatic rings. The lowest BCUT2D eigenvalue weighted by atomic mass is 9.75. The number of hydrogen-bond acceptors (Lipinski definition) is 2. The molecule has 0 atom stereocenters. The summed E-state index contributed by atoms with van der Waals surface area (Å²) in [4.78, 5) is 9.31. The first-order valence-electron chi connectivity index (χ1n) is 10.1. The number of nitrogens with one attached hydrogen (secondary N) is 2. The molecule has 1 aliphatic rings. The van der Waals surface area contributed by atoms with Crippen LogP contribution in [0.4, 0.5) is 0 Å². The van der Waals surface area contributed by atoms with E-state index in [-0.39, 0.29) is 0 Å². The molecule has 146 valence electrons. The van der Waals surface area contributed by atoms with Gasteiger partial charge in [0.2, 0.25) is 0 Å². The van der Waals surface area contributed by atoms with Gasteiger partial charge >= 0.3 is 0 Å². The molecule has 1 aromatic carbocycles. The third kappa shape index (κ3) is 5.84. The Morgan fingerprint density at radius 1 is 1.22 bits per heavy atom. The van der Waals surface area contributed by atoms with E-state index in [0.717, 1.165) is 24.9 Å². The van der Waals surface area contributed by atoms with Crippen LogP contribution in [0.3, 0.4) is 0 Å². The minimum atomic E-state index is 0.482. The van der Waals surface area contributed by atoms with Gasteiger partial charge in [0.15, 0.2) is 5.96 Å². The third-order valence-corrected chi connectivity index (χ3v) is 5.40. The standard InChI is InChI=1S/C22H33N5/c1-4-23-21(26-19-10-12-22(2,3)13-11-19)25-16-20-24-14-15-27(20)17-18-8-6-5-7-9-18/h5-9,14-15,19H,4,10-13,16-17H2,1-3H3,(H2,23,25,26). The molecule has 1 fully saturated rings. The summed E-state index contributed by atoms with van der Waals surface area (Å²) < 4.78 is 2.17. The molecule has 0 unspecified atom stereocenters. The maximum absolute atomic E-state index is 4.80. The van der Waals surface area contributed by atoms with Crippen molar-refractivity contribution >= 4 is 5.96 Å². The van der Waals surface area contributed by atoms with Gasteiger partial charge in [-0.15, -0.1) is 0 Å². The molecule has 1 saturated carbocycles. The fraction of sp³-hybridized carbons (Fsp3) is 0.545. The Bertz CT molecular complexity index is 722. The molecule has 5 heteroatoms. The highest BCUT2D eigenvalue weighted by Gasteiger charge is 2.27. The van der Waals surface area contributed by atoms with Gasteiger partial charge < -0.3 is 15.2 Å². The van der Waals surface area contributed by atoms with E-state index in [9.17, 15) is 0 Å². The molecule has 0 spiro atoms. The van der Waals surface area contributed by atoms with Crippen molar-refractivity contribution in [3.05, 3.63) is 54.1 Å². The van der Waals surface area contributed by atoms with E-state index in [2.05, 4.69) is 65.2 Å². The van der Waals surface area contributed by atoms with Crippen LogP contribution in [0.2, 0.25) is 0 Å². The second kappa shape index (κ2) is 9.07. The zero-order chi connectivity index (χ0) is 19.1. The van der Waals surface area contributed by atoms with E-state index in [0.29, 0.717) is 18.0 Å². The smallest absolute Gasteiger partial charge is 0.191 e. The zero-order valence-corrected chi connectivity index (χ0v) is 16.9. The first-order chi connectivity index (χ1) is 13.1. The second-order valence-electron chi connectivity index (χ2n) is 8.23. The second-order valence-corrected chi connectivity index (χ2v) is 8.23. The maximum Gasteiger partial charge on any atom is 0.191 e. The van der Waals surface area contributed by atoms with Gasteiger partial charge in [0.05, 0.1) is 0 Å². The summed E-state index contributed by atoms with van der Waals surface area (Å²) >= 11 is 0. The lowest BCUT2D eigenvalue weighted by molar-refractivity contribution is 0.216. The number of aliphatic imine (C=N–C) groups is 1. The van der Waals surface area contributed by atoms with Crippen molar-refractivity contribution in [2.45, 2.75) is 65.6 Å². The largest absolute Gasteiger partial charge is 0.357 e. The lowest BCUT2D eigenvalue weighted by Gasteiger charge is -2.35. The average molecular weight is 368 g/mol. The topological polar surface area (TPSA) is 54.2 Å². The number of benzene rings is 1. The van der Waals surface area contributed by atoms with Gasteiger partial charge in [-0.2, -0.15) is 0 Å². The van der Waals surface area contributed by atoms with Crippen LogP contribution in [0.1, 0.15) is 57.8 Å². The van der Waals surface area contributed by atoms with Gasteiger partial charge in [-0.25, -0.2) is 9.98 Å². The number of aromatic nitrogens is 2. The van der Waals surface area contributed by atoms with Crippen molar-refractivity contribution < 1.29 is 0 Å². The zero-order valence-electron chi connectivity index (χ0n) is 16.9. The molecule has 5 nitrogen and oxygen atoms in total. The van der Waals surface area contributed by atoms with Crippen molar-refractivity contribution in [1.82, 2.24) is 20.2 Å². The van der Waals surface area contributed by atoms with Crippen molar-refractivity contribution in [3.8, 4) is 0 Å². The fourth-order valence-electron chi connectivity index (χ4n) is 3.62. The number of rotatable bonds is 6. The van der Waals surface area contributed by atoms with Gasteiger partial charge in [0.1, 0.15) is 12.4 Å². The Labute approximate surface area is 163 Å². The molecule has 0 bridgehead atoms. The molecular formula is C22H33N5. The van der Waals surface area contributed by atoms with E-state index < -0.39 is 0 Å². The van der Waals surface area contributed by atoms with E-state index in [1.807, 2.05) is 18.5 Å². The fourth-order valence-corrected chi connectivity index (χ4v) is 3.62. The van der Waals surface area contributed by atoms with Crippen molar-refractivity contribution in [1.29, 1.82) is 0 Å². The number of imidazole rings is 1. The summed E-state index contributed by atoms with van der Waals surface area (Å²) in [7, 11) is 0. The van der Waals surface area contributed by atoms with Gasteiger partial charge in [-0.1, -0.05) is 44.2 Å². The highest BCUT2D eigenvalue weighted by atomic mass is 15.2. The van der Waals surface area contributed by atoms with Crippen LogP contribution in [0.25, 0.3) is 0 Å². The summed E-state index contributed by atoms with van der Waals surface area (Å²) in [6.07, 6.45) is 8.84. The Morgan fingerprint density at radius 3 is 2.67 bits per heavy atom. The highest BCUT2D eigenvalue weighted by molar-refractivity contribution is 5.80. The monoisotopic (exact) mass is 367 g/mol. The SMILES string of the molecule is CCNC(=NCc1nccn1Cc1ccccc1)NC1CCC(C)(C)CC1. The van der Waals surface area contributed by atoms with Gasteiger partial charge in [0, 0.05) is 31.5 Å². The Kier molecular flexibility index (Phi) is 6.54. The molecule has 1 aromatic heterocycles. The average Bonchev–Trinajstić information content (AvgIpc) is 3.09. The third-order valence-electron chi connectivity index (χ3n) is 5.40. The molecular weight excluding hydrogens is 334 g/mol. The predicted octanol–water partition coefficient (Wildman–Crippen LogP) is 3.96. The highest BCUT2D eigenvalue weighted by Crippen LogP contribution is 2.34. The van der Waals surface area contributed by atoms with Gasteiger partial charge in [-0.3, -0.25) is 0 Å². The Morgan fingerprint density at radius 2 is 1.96 bits per heavy atom. The molecule has 2 N–H and O–H groups in total. The molecule has 27 heavy (non-hydrogen) atoms. The lowest BCUT2D eigenvalue weighted by Crippen LogP contribution is -2.45. The van der Waals surface area contributed by atoms with Crippen LogP contribution < -0.4 is 10.6 Å². The minimum Gasteiger partial charge on any atom is -0.357 e.